The second-order valence-corrected chi connectivity index (χ2v) is 4.66. The van der Waals surface area contributed by atoms with E-state index >= 15 is 0 Å². The fraction of sp³-hybridized carbons (Fsp3) is 0.462. The highest BCUT2D eigenvalue weighted by Crippen LogP contribution is 2.22. The Labute approximate surface area is 105 Å². The van der Waals surface area contributed by atoms with E-state index in [1.54, 1.807) is 6.07 Å². The van der Waals surface area contributed by atoms with Gasteiger partial charge in [0.2, 0.25) is 0 Å². The third kappa shape index (κ3) is 2.29. The van der Waals surface area contributed by atoms with Crippen LogP contribution in [0.5, 0.6) is 0 Å². The van der Waals surface area contributed by atoms with Gasteiger partial charge in [0.15, 0.2) is 5.82 Å². The van der Waals surface area contributed by atoms with E-state index in [9.17, 15) is 4.39 Å². The molecular formula is C13H16ClFN2. The molecule has 17 heavy (non-hydrogen) atoms. The van der Waals surface area contributed by atoms with Crippen LogP contribution in [0.4, 0.5) is 4.39 Å². The molecule has 0 aliphatic carbocycles. The van der Waals surface area contributed by atoms with Crippen LogP contribution >= 0.6 is 11.6 Å². The van der Waals surface area contributed by atoms with Crippen molar-refractivity contribution in [1.29, 1.82) is 0 Å². The molecule has 0 saturated heterocycles. The molecule has 0 saturated carbocycles. The molecule has 1 aromatic carbocycles. The summed E-state index contributed by atoms with van der Waals surface area (Å²) in [5, 5.41) is 0. The molecule has 0 aliphatic rings. The predicted octanol–water partition coefficient (Wildman–Crippen LogP) is 3.96. The van der Waals surface area contributed by atoms with E-state index in [2.05, 4.69) is 18.8 Å². The Kier molecular flexibility index (Phi) is 3.67. The summed E-state index contributed by atoms with van der Waals surface area (Å²) < 4.78 is 15.6. The molecule has 0 spiro atoms. The number of halogens is 2. The molecule has 0 fully saturated rings. The summed E-state index contributed by atoms with van der Waals surface area (Å²) >= 11 is 5.88. The molecule has 0 radical (unpaired) electrons. The number of rotatable bonds is 4. The first-order valence-electron chi connectivity index (χ1n) is 5.87. The van der Waals surface area contributed by atoms with Gasteiger partial charge in [-0.25, -0.2) is 9.37 Å². The van der Waals surface area contributed by atoms with Crippen LogP contribution in [0.3, 0.4) is 0 Å². The third-order valence-electron chi connectivity index (χ3n) is 3.12. The van der Waals surface area contributed by atoms with Gasteiger partial charge in [0.05, 0.1) is 11.4 Å². The van der Waals surface area contributed by atoms with Crippen LogP contribution in [0.2, 0.25) is 0 Å². The summed E-state index contributed by atoms with van der Waals surface area (Å²) in [4.78, 5) is 4.27. The zero-order valence-electron chi connectivity index (χ0n) is 10.1. The molecule has 92 valence electrons. The van der Waals surface area contributed by atoms with E-state index in [4.69, 9.17) is 11.6 Å². The van der Waals surface area contributed by atoms with Gasteiger partial charge in [-0.05, 0) is 18.1 Å². The predicted molar refractivity (Wildman–Crippen MR) is 68.7 cm³/mol. The standard InChI is InChI=1S/C13H16ClFN2/c1-3-9(2)8-17-11-6-4-5-10(15)13(11)16-12(17)7-14/h4-6,9H,3,7-8H2,1-2H3. The Balaban J connectivity index is 2.55. The van der Waals surface area contributed by atoms with E-state index in [-0.39, 0.29) is 5.82 Å². The highest BCUT2D eigenvalue weighted by molar-refractivity contribution is 6.16. The molecule has 1 unspecified atom stereocenters. The van der Waals surface area contributed by atoms with Crippen LogP contribution in [0.1, 0.15) is 26.1 Å². The third-order valence-corrected chi connectivity index (χ3v) is 3.36. The monoisotopic (exact) mass is 254 g/mol. The van der Waals surface area contributed by atoms with E-state index in [1.807, 2.05) is 10.6 Å². The Hall–Kier alpha value is -1.09. The van der Waals surface area contributed by atoms with Gasteiger partial charge >= 0.3 is 0 Å². The lowest BCUT2D eigenvalue weighted by molar-refractivity contribution is 0.469. The van der Waals surface area contributed by atoms with E-state index in [1.165, 1.54) is 6.07 Å². The molecule has 1 aromatic heterocycles. The Morgan fingerprint density at radius 3 is 2.88 bits per heavy atom. The molecule has 2 rings (SSSR count). The topological polar surface area (TPSA) is 17.8 Å². The maximum atomic E-state index is 13.6. The van der Waals surface area contributed by atoms with Crippen LogP contribution in [-0.4, -0.2) is 9.55 Å². The summed E-state index contributed by atoms with van der Waals surface area (Å²) in [6, 6.07) is 5.04. The van der Waals surface area contributed by atoms with E-state index in [0.717, 1.165) is 24.3 Å². The number of aromatic nitrogens is 2. The quantitative estimate of drug-likeness (QED) is 0.755. The summed E-state index contributed by atoms with van der Waals surface area (Å²) in [5.41, 5.74) is 1.26. The van der Waals surface area contributed by atoms with Crippen LogP contribution < -0.4 is 0 Å². The van der Waals surface area contributed by atoms with Crippen molar-refractivity contribution in [3.8, 4) is 0 Å². The first-order chi connectivity index (χ1) is 8.17. The lowest BCUT2D eigenvalue weighted by Gasteiger charge is -2.12. The summed E-state index contributed by atoms with van der Waals surface area (Å²) in [6.45, 7) is 5.15. The minimum absolute atomic E-state index is 0.281. The van der Waals surface area contributed by atoms with Crippen molar-refractivity contribution in [3.05, 3.63) is 29.8 Å². The second-order valence-electron chi connectivity index (χ2n) is 4.39. The average molecular weight is 255 g/mol. The molecular weight excluding hydrogens is 239 g/mol. The van der Waals surface area contributed by atoms with Crippen LogP contribution in [0, 0.1) is 11.7 Å². The first kappa shape index (κ1) is 12.4. The summed E-state index contributed by atoms with van der Waals surface area (Å²) in [5.74, 6) is 1.30. The number of imidazole rings is 1. The van der Waals surface area contributed by atoms with Crippen LogP contribution in [-0.2, 0) is 12.4 Å². The zero-order valence-corrected chi connectivity index (χ0v) is 10.8. The van der Waals surface area contributed by atoms with Gasteiger partial charge in [-0.3, -0.25) is 0 Å². The number of alkyl halides is 1. The SMILES string of the molecule is CCC(C)Cn1c(CCl)nc2c(F)cccc21. The maximum absolute atomic E-state index is 13.6. The Morgan fingerprint density at radius 1 is 1.47 bits per heavy atom. The van der Waals surface area contributed by atoms with Crippen LogP contribution in [0.25, 0.3) is 11.0 Å². The minimum Gasteiger partial charge on any atom is -0.327 e. The first-order valence-corrected chi connectivity index (χ1v) is 6.40. The number of hydrogen-bond acceptors (Lipinski definition) is 1. The van der Waals surface area contributed by atoms with Gasteiger partial charge in [0.25, 0.3) is 0 Å². The molecule has 0 amide bonds. The second kappa shape index (κ2) is 5.05. The molecule has 1 heterocycles. The normalized spacial score (nSPS) is 13.2. The molecule has 1 atom stereocenters. The van der Waals surface area contributed by atoms with Gasteiger partial charge in [0, 0.05) is 6.54 Å². The van der Waals surface area contributed by atoms with Gasteiger partial charge in [0.1, 0.15) is 11.3 Å². The smallest absolute Gasteiger partial charge is 0.151 e. The average Bonchev–Trinajstić information content (AvgIpc) is 2.69. The number of fused-ring (bicyclic) bond motifs is 1. The number of nitrogens with zero attached hydrogens (tertiary/aromatic N) is 2. The number of para-hydroxylation sites is 1. The summed E-state index contributed by atoms with van der Waals surface area (Å²) in [6.07, 6.45) is 1.08. The van der Waals surface area contributed by atoms with Crippen LogP contribution in [0.15, 0.2) is 18.2 Å². The van der Waals surface area contributed by atoms with E-state index < -0.39 is 0 Å². The molecule has 0 N–H and O–H groups in total. The maximum Gasteiger partial charge on any atom is 0.151 e. The Morgan fingerprint density at radius 2 is 2.24 bits per heavy atom. The van der Waals surface area contributed by atoms with Gasteiger partial charge in [-0.15, -0.1) is 11.6 Å². The lowest BCUT2D eigenvalue weighted by Crippen LogP contribution is -2.09. The van der Waals surface area contributed by atoms with Gasteiger partial charge in [-0.2, -0.15) is 0 Å². The Bertz CT molecular complexity index is 521. The highest BCUT2D eigenvalue weighted by atomic mass is 35.5. The van der Waals surface area contributed by atoms with E-state index in [0.29, 0.717) is 17.3 Å². The largest absolute Gasteiger partial charge is 0.327 e. The van der Waals surface area contributed by atoms with Gasteiger partial charge < -0.3 is 4.57 Å². The molecule has 2 nitrogen and oxygen atoms in total. The zero-order chi connectivity index (χ0) is 12.4. The highest BCUT2D eigenvalue weighted by Gasteiger charge is 2.14. The molecule has 4 heteroatoms. The minimum atomic E-state index is -0.281. The molecule has 0 bridgehead atoms. The lowest BCUT2D eigenvalue weighted by atomic mass is 10.1. The van der Waals surface area contributed by atoms with Gasteiger partial charge in [-0.1, -0.05) is 26.3 Å². The van der Waals surface area contributed by atoms with Crippen molar-refractivity contribution in [2.75, 3.05) is 0 Å². The van der Waals surface area contributed by atoms with Crippen molar-refractivity contribution < 1.29 is 4.39 Å². The van der Waals surface area contributed by atoms with Crippen molar-refractivity contribution in [1.82, 2.24) is 9.55 Å². The van der Waals surface area contributed by atoms with Crippen molar-refractivity contribution in [2.45, 2.75) is 32.7 Å². The summed E-state index contributed by atoms with van der Waals surface area (Å²) in [7, 11) is 0. The fourth-order valence-electron chi connectivity index (χ4n) is 1.91. The molecule has 0 aliphatic heterocycles. The number of hydrogen-bond donors (Lipinski definition) is 0. The molecule has 2 aromatic rings. The van der Waals surface area contributed by atoms with Crippen molar-refractivity contribution >= 4 is 22.6 Å². The fourth-order valence-corrected chi connectivity index (χ4v) is 2.11. The van der Waals surface area contributed by atoms with Crippen molar-refractivity contribution in [3.63, 3.8) is 0 Å². The van der Waals surface area contributed by atoms with Crippen molar-refractivity contribution in [2.24, 2.45) is 5.92 Å². The number of benzene rings is 1.